The highest BCUT2D eigenvalue weighted by molar-refractivity contribution is 5.89. The Balaban J connectivity index is 1.44. The minimum Gasteiger partial charge on any atom is -0.335 e. The standard InChI is InChI=1S/C20H22N4O/c21-14-17-7-4-8-19(13-17)23-20(25)22-18-9-11-24(12-10-18)15-16-5-2-1-3-6-16/h1-8,13,18H,9-12,15H2,(H2,22,23,25). The first-order chi connectivity index (χ1) is 12.2. The molecule has 2 amide bonds. The summed E-state index contributed by atoms with van der Waals surface area (Å²) >= 11 is 0. The monoisotopic (exact) mass is 334 g/mol. The van der Waals surface area contributed by atoms with E-state index in [1.807, 2.05) is 6.07 Å². The predicted octanol–water partition coefficient (Wildman–Crippen LogP) is 3.34. The van der Waals surface area contributed by atoms with E-state index in [0.29, 0.717) is 11.3 Å². The molecule has 128 valence electrons. The van der Waals surface area contributed by atoms with Crippen molar-refractivity contribution < 1.29 is 4.79 Å². The molecular weight excluding hydrogens is 312 g/mol. The van der Waals surface area contributed by atoms with Crippen LogP contribution in [-0.4, -0.2) is 30.1 Å². The van der Waals surface area contributed by atoms with Gasteiger partial charge in [0.15, 0.2) is 0 Å². The molecule has 0 bridgehead atoms. The van der Waals surface area contributed by atoms with E-state index in [0.717, 1.165) is 32.5 Å². The Bertz CT molecular complexity index is 746. The number of likely N-dealkylation sites (tertiary alicyclic amines) is 1. The van der Waals surface area contributed by atoms with E-state index in [1.165, 1.54) is 5.56 Å². The first-order valence-electron chi connectivity index (χ1n) is 8.57. The van der Waals surface area contributed by atoms with Crippen LogP contribution in [-0.2, 0) is 6.54 Å². The number of nitrogens with zero attached hydrogens (tertiary/aromatic N) is 2. The van der Waals surface area contributed by atoms with Crippen LogP contribution in [0.2, 0.25) is 0 Å². The molecule has 25 heavy (non-hydrogen) atoms. The Hall–Kier alpha value is -2.84. The van der Waals surface area contributed by atoms with Crippen molar-refractivity contribution in [3.05, 3.63) is 65.7 Å². The van der Waals surface area contributed by atoms with E-state index in [4.69, 9.17) is 5.26 Å². The molecule has 1 fully saturated rings. The van der Waals surface area contributed by atoms with E-state index in [9.17, 15) is 4.79 Å². The summed E-state index contributed by atoms with van der Waals surface area (Å²) in [5, 5.41) is 14.7. The Morgan fingerprint density at radius 1 is 1.12 bits per heavy atom. The minimum atomic E-state index is -0.211. The van der Waals surface area contributed by atoms with Gasteiger partial charge in [-0.1, -0.05) is 36.4 Å². The lowest BCUT2D eigenvalue weighted by Gasteiger charge is -2.32. The summed E-state index contributed by atoms with van der Waals surface area (Å²) in [5.41, 5.74) is 2.49. The van der Waals surface area contributed by atoms with Crippen LogP contribution >= 0.6 is 0 Å². The lowest BCUT2D eigenvalue weighted by Crippen LogP contribution is -2.45. The Morgan fingerprint density at radius 3 is 2.60 bits per heavy atom. The minimum absolute atomic E-state index is 0.186. The normalized spacial score (nSPS) is 15.3. The molecule has 0 unspecified atom stereocenters. The van der Waals surface area contributed by atoms with Gasteiger partial charge in [-0.05, 0) is 36.6 Å². The number of benzene rings is 2. The Kier molecular flexibility index (Phi) is 5.65. The molecular formula is C20H22N4O. The number of nitrogens with one attached hydrogen (secondary N) is 2. The van der Waals surface area contributed by atoms with Crippen molar-refractivity contribution in [1.29, 1.82) is 5.26 Å². The molecule has 2 N–H and O–H groups in total. The van der Waals surface area contributed by atoms with Crippen molar-refractivity contribution >= 4 is 11.7 Å². The summed E-state index contributed by atoms with van der Waals surface area (Å²) in [5.74, 6) is 0. The number of rotatable bonds is 4. The highest BCUT2D eigenvalue weighted by Gasteiger charge is 2.20. The number of anilines is 1. The average molecular weight is 334 g/mol. The molecule has 2 aromatic carbocycles. The second-order valence-corrected chi connectivity index (χ2v) is 6.33. The zero-order valence-electron chi connectivity index (χ0n) is 14.1. The first kappa shape index (κ1) is 17.0. The molecule has 1 aliphatic heterocycles. The van der Waals surface area contributed by atoms with Crippen LogP contribution in [0.3, 0.4) is 0 Å². The van der Waals surface area contributed by atoms with Crippen molar-refractivity contribution in [1.82, 2.24) is 10.2 Å². The number of hydrogen-bond donors (Lipinski definition) is 2. The molecule has 5 nitrogen and oxygen atoms in total. The van der Waals surface area contributed by atoms with E-state index in [-0.39, 0.29) is 12.1 Å². The van der Waals surface area contributed by atoms with Crippen LogP contribution in [0.25, 0.3) is 0 Å². The third kappa shape index (κ3) is 5.07. The van der Waals surface area contributed by atoms with Gasteiger partial charge in [-0.3, -0.25) is 4.90 Å². The van der Waals surface area contributed by atoms with Gasteiger partial charge in [0.2, 0.25) is 0 Å². The van der Waals surface area contributed by atoms with Crippen LogP contribution in [0.5, 0.6) is 0 Å². The molecule has 3 rings (SSSR count). The largest absolute Gasteiger partial charge is 0.335 e. The number of hydrogen-bond acceptors (Lipinski definition) is 3. The smallest absolute Gasteiger partial charge is 0.319 e. The molecule has 0 aliphatic carbocycles. The van der Waals surface area contributed by atoms with E-state index >= 15 is 0 Å². The van der Waals surface area contributed by atoms with Crippen molar-refractivity contribution in [3.63, 3.8) is 0 Å². The molecule has 0 spiro atoms. The van der Waals surface area contributed by atoms with Gasteiger partial charge in [0.25, 0.3) is 0 Å². The zero-order valence-corrected chi connectivity index (χ0v) is 14.1. The molecule has 1 aliphatic rings. The molecule has 0 radical (unpaired) electrons. The number of piperidine rings is 1. The maximum Gasteiger partial charge on any atom is 0.319 e. The van der Waals surface area contributed by atoms with Gasteiger partial charge in [0.05, 0.1) is 11.6 Å². The Morgan fingerprint density at radius 2 is 1.88 bits per heavy atom. The van der Waals surface area contributed by atoms with Crippen molar-refractivity contribution in [2.45, 2.75) is 25.4 Å². The second-order valence-electron chi connectivity index (χ2n) is 6.33. The third-order valence-electron chi connectivity index (χ3n) is 4.42. The molecule has 1 saturated heterocycles. The van der Waals surface area contributed by atoms with E-state index < -0.39 is 0 Å². The summed E-state index contributed by atoms with van der Waals surface area (Å²) in [6.45, 7) is 2.91. The summed E-state index contributed by atoms with van der Waals surface area (Å²) < 4.78 is 0. The second kappa shape index (κ2) is 8.32. The highest BCUT2D eigenvalue weighted by Crippen LogP contribution is 2.14. The maximum absolute atomic E-state index is 12.1. The molecule has 0 atom stereocenters. The fourth-order valence-corrected chi connectivity index (χ4v) is 3.10. The number of urea groups is 1. The number of nitriles is 1. The zero-order chi connectivity index (χ0) is 17.5. The molecule has 2 aromatic rings. The average Bonchev–Trinajstić information content (AvgIpc) is 2.64. The fourth-order valence-electron chi connectivity index (χ4n) is 3.10. The quantitative estimate of drug-likeness (QED) is 0.901. The van der Waals surface area contributed by atoms with Crippen molar-refractivity contribution in [3.8, 4) is 6.07 Å². The van der Waals surface area contributed by atoms with Gasteiger partial charge >= 0.3 is 6.03 Å². The third-order valence-corrected chi connectivity index (χ3v) is 4.42. The van der Waals surface area contributed by atoms with Crippen LogP contribution in [0, 0.1) is 11.3 Å². The first-order valence-corrected chi connectivity index (χ1v) is 8.57. The van der Waals surface area contributed by atoms with Crippen LogP contribution in [0.15, 0.2) is 54.6 Å². The summed E-state index contributed by atoms with van der Waals surface area (Å²) in [4.78, 5) is 14.6. The predicted molar refractivity (Wildman–Crippen MR) is 98.1 cm³/mol. The fraction of sp³-hybridized carbons (Fsp3) is 0.300. The van der Waals surface area contributed by atoms with Gasteiger partial charge in [-0.15, -0.1) is 0 Å². The summed E-state index contributed by atoms with van der Waals surface area (Å²) in [6.07, 6.45) is 1.89. The summed E-state index contributed by atoms with van der Waals surface area (Å²) in [6, 6.07) is 19.4. The molecule has 5 heteroatoms. The molecule has 1 heterocycles. The van der Waals surface area contributed by atoms with Crippen molar-refractivity contribution in [2.24, 2.45) is 0 Å². The van der Waals surface area contributed by atoms with Crippen LogP contribution in [0.1, 0.15) is 24.0 Å². The van der Waals surface area contributed by atoms with Crippen molar-refractivity contribution in [2.75, 3.05) is 18.4 Å². The van der Waals surface area contributed by atoms with E-state index in [2.05, 4.69) is 45.9 Å². The number of carbonyl (C=O) groups is 1. The van der Waals surface area contributed by atoms with Gasteiger partial charge in [0.1, 0.15) is 0 Å². The molecule has 0 aromatic heterocycles. The van der Waals surface area contributed by atoms with E-state index in [1.54, 1.807) is 24.3 Å². The lowest BCUT2D eigenvalue weighted by atomic mass is 10.0. The van der Waals surface area contributed by atoms with Gasteiger partial charge < -0.3 is 10.6 Å². The van der Waals surface area contributed by atoms with Gasteiger partial charge in [0, 0.05) is 31.4 Å². The SMILES string of the molecule is N#Cc1cccc(NC(=O)NC2CCN(Cc3ccccc3)CC2)c1. The highest BCUT2D eigenvalue weighted by atomic mass is 16.2. The number of amides is 2. The van der Waals surface area contributed by atoms with Crippen LogP contribution in [0.4, 0.5) is 10.5 Å². The topological polar surface area (TPSA) is 68.2 Å². The molecule has 0 saturated carbocycles. The van der Waals surface area contributed by atoms with Gasteiger partial charge in [-0.25, -0.2) is 4.79 Å². The van der Waals surface area contributed by atoms with Crippen LogP contribution < -0.4 is 10.6 Å². The van der Waals surface area contributed by atoms with Gasteiger partial charge in [-0.2, -0.15) is 5.26 Å². The summed E-state index contributed by atoms with van der Waals surface area (Å²) in [7, 11) is 0. The Labute approximate surface area is 148 Å². The number of carbonyl (C=O) groups excluding carboxylic acids is 1. The lowest BCUT2D eigenvalue weighted by molar-refractivity contribution is 0.190. The maximum atomic E-state index is 12.1.